The molecule has 0 atom stereocenters. The lowest BCUT2D eigenvalue weighted by Gasteiger charge is -2.61. The third-order valence-electron chi connectivity index (χ3n) is 11.3. The molecule has 38 heavy (non-hydrogen) atoms. The van der Waals surface area contributed by atoms with Gasteiger partial charge >= 0.3 is 0 Å². The third kappa shape index (κ3) is 2.39. The van der Waals surface area contributed by atoms with Crippen molar-refractivity contribution in [1.82, 2.24) is 0 Å². The average molecular weight is 487 g/mol. The van der Waals surface area contributed by atoms with Crippen molar-refractivity contribution in [3.8, 4) is 11.1 Å². The lowest BCUT2D eigenvalue weighted by Crippen LogP contribution is -2.55. The smallest absolute Gasteiger partial charge is 0.0272 e. The number of rotatable bonds is 0. The fraction of sp³-hybridized carbons (Fsp3) is 0.263. The molecule has 4 bridgehead atoms. The number of hydrogen-bond acceptors (Lipinski definition) is 0. The number of fused-ring (bicyclic) bond motifs is 8. The fourth-order valence-corrected chi connectivity index (χ4v) is 10.1. The van der Waals surface area contributed by atoms with E-state index in [4.69, 9.17) is 0 Å². The van der Waals surface area contributed by atoms with Crippen LogP contribution in [0.2, 0.25) is 0 Å². The predicted octanol–water partition coefficient (Wildman–Crippen LogP) is 10.0. The molecule has 6 aromatic rings. The quantitative estimate of drug-likeness (QED) is 0.187. The molecule has 182 valence electrons. The van der Waals surface area contributed by atoms with E-state index in [2.05, 4.69) is 97.1 Å². The summed E-state index contributed by atoms with van der Waals surface area (Å²) in [5.74, 6) is 3.50. The van der Waals surface area contributed by atoms with Gasteiger partial charge in [0.05, 0.1) is 0 Å². The van der Waals surface area contributed by atoms with Crippen LogP contribution in [0.1, 0.15) is 43.2 Å². The van der Waals surface area contributed by atoms with Gasteiger partial charge in [0.25, 0.3) is 0 Å². The molecule has 0 heteroatoms. The van der Waals surface area contributed by atoms with Crippen molar-refractivity contribution in [3.05, 3.63) is 108 Å². The van der Waals surface area contributed by atoms with Crippen LogP contribution in [0.25, 0.3) is 54.2 Å². The second-order valence-corrected chi connectivity index (χ2v) is 13.0. The van der Waals surface area contributed by atoms with E-state index in [-0.39, 0.29) is 5.41 Å². The normalized spacial score (nSPS) is 28.6. The first kappa shape index (κ1) is 20.3. The first-order valence-corrected chi connectivity index (χ1v) is 14.7. The van der Waals surface area contributed by atoms with Gasteiger partial charge in [-0.15, -0.1) is 0 Å². The maximum Gasteiger partial charge on any atom is 0.0272 e. The molecule has 4 saturated carbocycles. The minimum Gasteiger partial charge on any atom is -0.0616 e. The minimum atomic E-state index is 0.192. The van der Waals surface area contributed by atoms with Crippen molar-refractivity contribution in [2.45, 2.75) is 37.5 Å². The molecule has 11 rings (SSSR count). The van der Waals surface area contributed by atoms with Gasteiger partial charge < -0.3 is 0 Å². The topological polar surface area (TPSA) is 0 Å². The van der Waals surface area contributed by atoms with E-state index in [1.54, 1.807) is 16.7 Å². The molecular weight excluding hydrogens is 456 g/mol. The Bertz CT molecular complexity index is 1960. The largest absolute Gasteiger partial charge is 0.0616 e. The molecular formula is C38H30. The summed E-state index contributed by atoms with van der Waals surface area (Å²) in [6, 6.07) is 37.8. The van der Waals surface area contributed by atoms with Crippen LogP contribution in [-0.4, -0.2) is 0 Å². The van der Waals surface area contributed by atoms with Crippen molar-refractivity contribution < 1.29 is 0 Å². The van der Waals surface area contributed by atoms with E-state index in [0.717, 1.165) is 23.7 Å². The van der Waals surface area contributed by atoms with Crippen LogP contribution in [0.5, 0.6) is 0 Å². The zero-order chi connectivity index (χ0) is 24.6. The summed E-state index contributed by atoms with van der Waals surface area (Å²) in [6.45, 7) is 0. The van der Waals surface area contributed by atoms with Gasteiger partial charge in [-0.25, -0.2) is 0 Å². The van der Waals surface area contributed by atoms with E-state index in [0.29, 0.717) is 0 Å². The predicted molar refractivity (Wildman–Crippen MR) is 160 cm³/mol. The minimum absolute atomic E-state index is 0.192. The molecule has 0 aromatic heterocycles. The summed E-state index contributed by atoms with van der Waals surface area (Å²) in [6.07, 6.45) is 7.21. The Balaban J connectivity index is 1.36. The monoisotopic (exact) mass is 486 g/mol. The molecule has 0 nitrogen and oxygen atoms in total. The second-order valence-electron chi connectivity index (χ2n) is 13.0. The van der Waals surface area contributed by atoms with Gasteiger partial charge in [-0.05, 0) is 158 Å². The molecule has 0 amide bonds. The summed E-state index contributed by atoms with van der Waals surface area (Å²) >= 11 is 0. The summed E-state index contributed by atoms with van der Waals surface area (Å²) in [5, 5.41) is 11.0. The molecule has 0 radical (unpaired) electrons. The summed E-state index contributed by atoms with van der Waals surface area (Å²) < 4.78 is 0. The Kier molecular flexibility index (Phi) is 3.67. The summed E-state index contributed by atoms with van der Waals surface area (Å²) in [4.78, 5) is 0. The first-order chi connectivity index (χ1) is 18.8. The standard InChI is InChI=1S/C38H30/c1-2-7-26-18-30-21-36-34(20-29(30)17-25(26)6-1)37-33-19-27-8-4-3-5-24(27)16-28(33)9-10-35(37)38(36)31-12-22-11-23(14-31)15-32(38)13-22/h1-10,16-23,31-32H,11-15H2. The Hall–Kier alpha value is -3.64. The van der Waals surface area contributed by atoms with Crippen LogP contribution in [0.3, 0.4) is 0 Å². The lowest BCUT2D eigenvalue weighted by molar-refractivity contribution is -0.0398. The van der Waals surface area contributed by atoms with Crippen LogP contribution in [0, 0.1) is 23.7 Å². The average Bonchev–Trinajstić information content (AvgIpc) is 3.22. The highest BCUT2D eigenvalue weighted by molar-refractivity contribution is 6.10. The lowest BCUT2D eigenvalue weighted by atomic mass is 9.43. The number of benzene rings is 6. The van der Waals surface area contributed by atoms with E-state index in [9.17, 15) is 0 Å². The highest BCUT2D eigenvalue weighted by Crippen LogP contribution is 2.70. The Morgan fingerprint density at radius 3 is 1.63 bits per heavy atom. The van der Waals surface area contributed by atoms with Gasteiger partial charge in [0.1, 0.15) is 0 Å². The second kappa shape index (κ2) is 6.86. The van der Waals surface area contributed by atoms with E-state index in [1.165, 1.54) is 80.8 Å². The zero-order valence-electron chi connectivity index (χ0n) is 21.6. The molecule has 0 unspecified atom stereocenters. The van der Waals surface area contributed by atoms with Gasteiger partial charge in [0.2, 0.25) is 0 Å². The van der Waals surface area contributed by atoms with Gasteiger partial charge in [-0.1, -0.05) is 60.7 Å². The highest BCUT2D eigenvalue weighted by atomic mass is 14.6. The molecule has 1 spiro atoms. The Labute approximate surface area is 223 Å². The Morgan fingerprint density at radius 1 is 0.447 bits per heavy atom. The Morgan fingerprint density at radius 2 is 1.00 bits per heavy atom. The van der Waals surface area contributed by atoms with Gasteiger partial charge in [-0.2, -0.15) is 0 Å². The molecule has 0 saturated heterocycles. The molecule has 5 aliphatic rings. The van der Waals surface area contributed by atoms with Crippen LogP contribution >= 0.6 is 0 Å². The van der Waals surface area contributed by atoms with Crippen LogP contribution in [0.4, 0.5) is 0 Å². The first-order valence-electron chi connectivity index (χ1n) is 14.7. The van der Waals surface area contributed by atoms with Crippen molar-refractivity contribution in [3.63, 3.8) is 0 Å². The van der Waals surface area contributed by atoms with Crippen LogP contribution < -0.4 is 0 Å². The van der Waals surface area contributed by atoms with E-state index < -0.39 is 0 Å². The molecule has 5 aliphatic carbocycles. The summed E-state index contributed by atoms with van der Waals surface area (Å²) in [7, 11) is 0. The van der Waals surface area contributed by atoms with Crippen molar-refractivity contribution in [1.29, 1.82) is 0 Å². The highest BCUT2D eigenvalue weighted by Gasteiger charge is 2.61. The van der Waals surface area contributed by atoms with Crippen LogP contribution in [-0.2, 0) is 5.41 Å². The van der Waals surface area contributed by atoms with E-state index >= 15 is 0 Å². The molecule has 4 fully saturated rings. The van der Waals surface area contributed by atoms with Gasteiger partial charge in [0.15, 0.2) is 0 Å². The maximum absolute atomic E-state index is 2.65. The van der Waals surface area contributed by atoms with Crippen molar-refractivity contribution in [2.75, 3.05) is 0 Å². The van der Waals surface area contributed by atoms with Gasteiger partial charge in [0, 0.05) is 5.41 Å². The molecule has 0 heterocycles. The van der Waals surface area contributed by atoms with Crippen molar-refractivity contribution >= 4 is 43.1 Å². The maximum atomic E-state index is 2.65. The number of hydrogen-bond donors (Lipinski definition) is 0. The molecule has 0 N–H and O–H groups in total. The SMILES string of the molecule is c1ccc2cc3cc4c(cc3cc2c1)-c1c(ccc2cc3ccccc3cc12)C41C2CC3CC(C2)CC1C3. The summed E-state index contributed by atoms with van der Waals surface area (Å²) in [5.41, 5.74) is 6.58. The van der Waals surface area contributed by atoms with Crippen molar-refractivity contribution in [2.24, 2.45) is 23.7 Å². The zero-order valence-corrected chi connectivity index (χ0v) is 21.6. The fourth-order valence-electron chi connectivity index (χ4n) is 10.1. The van der Waals surface area contributed by atoms with Crippen LogP contribution in [0.15, 0.2) is 97.1 Å². The third-order valence-corrected chi connectivity index (χ3v) is 11.3. The van der Waals surface area contributed by atoms with Gasteiger partial charge in [-0.3, -0.25) is 0 Å². The van der Waals surface area contributed by atoms with E-state index in [1.807, 2.05) is 0 Å². The molecule has 6 aromatic carbocycles. The molecule has 0 aliphatic heterocycles.